The number of aromatic nitrogens is 1. The van der Waals surface area contributed by atoms with E-state index < -0.39 is 0 Å². The number of pyridine rings is 1. The average Bonchev–Trinajstić information content (AvgIpc) is 2.68. The van der Waals surface area contributed by atoms with Gasteiger partial charge in [0.25, 0.3) is 0 Å². The molecule has 17 heavy (non-hydrogen) atoms. The summed E-state index contributed by atoms with van der Waals surface area (Å²) in [5, 5.41) is 0. The van der Waals surface area contributed by atoms with Gasteiger partial charge in [-0.05, 0) is 18.4 Å². The van der Waals surface area contributed by atoms with Crippen molar-refractivity contribution in [1.29, 1.82) is 0 Å². The summed E-state index contributed by atoms with van der Waals surface area (Å²) in [6.45, 7) is 2.62. The van der Waals surface area contributed by atoms with Crippen LogP contribution in [0.1, 0.15) is 25.3 Å². The second-order valence-electron chi connectivity index (χ2n) is 4.37. The number of amides is 1. The van der Waals surface area contributed by atoms with Crippen LogP contribution < -0.4 is 4.74 Å². The van der Waals surface area contributed by atoms with Crippen LogP contribution in [0.3, 0.4) is 0 Å². The minimum atomic E-state index is 0.190. The molecule has 1 aliphatic heterocycles. The van der Waals surface area contributed by atoms with Crippen molar-refractivity contribution in [2.24, 2.45) is 0 Å². The smallest absolute Gasteiger partial charge is 0.222 e. The van der Waals surface area contributed by atoms with Crippen LogP contribution in [0.2, 0.25) is 0 Å². The summed E-state index contributed by atoms with van der Waals surface area (Å²) >= 11 is 0. The molecule has 2 heterocycles. The van der Waals surface area contributed by atoms with Crippen molar-refractivity contribution in [3.8, 4) is 5.88 Å². The highest BCUT2D eigenvalue weighted by molar-refractivity contribution is 5.78. The number of hydrogen-bond donors (Lipinski definition) is 0. The van der Waals surface area contributed by atoms with E-state index in [0.29, 0.717) is 18.9 Å². The quantitative estimate of drug-likeness (QED) is 0.795. The largest absolute Gasteiger partial charge is 0.475 e. The van der Waals surface area contributed by atoms with E-state index in [9.17, 15) is 4.79 Å². The van der Waals surface area contributed by atoms with Crippen molar-refractivity contribution in [3.05, 3.63) is 23.9 Å². The van der Waals surface area contributed by atoms with E-state index in [2.05, 4.69) is 11.9 Å². The van der Waals surface area contributed by atoms with E-state index in [0.717, 1.165) is 12.8 Å². The lowest BCUT2D eigenvalue weighted by Crippen LogP contribution is -2.33. The van der Waals surface area contributed by atoms with Gasteiger partial charge in [-0.2, -0.15) is 0 Å². The number of nitrogens with zero attached hydrogens (tertiary/aromatic N) is 2. The molecule has 1 amide bonds. The highest BCUT2D eigenvalue weighted by atomic mass is 16.5. The Kier molecular flexibility index (Phi) is 3.61. The third kappa shape index (κ3) is 2.75. The van der Waals surface area contributed by atoms with Crippen molar-refractivity contribution in [2.45, 2.75) is 32.2 Å². The van der Waals surface area contributed by atoms with Crippen molar-refractivity contribution in [3.63, 3.8) is 0 Å². The van der Waals surface area contributed by atoms with Crippen molar-refractivity contribution in [2.75, 3.05) is 13.7 Å². The number of likely N-dealkylation sites (N-methyl/N-ethyl adjacent to an activating group) is 1. The van der Waals surface area contributed by atoms with Crippen LogP contribution in [0.25, 0.3) is 0 Å². The molecular weight excluding hydrogens is 216 g/mol. The Morgan fingerprint density at radius 1 is 1.53 bits per heavy atom. The van der Waals surface area contributed by atoms with Gasteiger partial charge < -0.3 is 9.64 Å². The fourth-order valence-corrected chi connectivity index (χ4v) is 1.95. The second-order valence-corrected chi connectivity index (χ2v) is 4.37. The first-order valence-electron chi connectivity index (χ1n) is 6.04. The maximum absolute atomic E-state index is 11.3. The first-order valence-corrected chi connectivity index (χ1v) is 6.04. The standard InChI is InChI=1S/C13H18N2O2/c1-3-10-4-6-12(14-8-10)17-9-11-5-7-13(16)15(11)2/h4,6,8,11H,3,5,7,9H2,1-2H3. The van der Waals surface area contributed by atoms with Gasteiger partial charge in [0.1, 0.15) is 6.61 Å². The molecule has 1 fully saturated rings. The summed E-state index contributed by atoms with van der Waals surface area (Å²) in [7, 11) is 1.83. The minimum absolute atomic E-state index is 0.190. The van der Waals surface area contributed by atoms with E-state index >= 15 is 0 Å². The van der Waals surface area contributed by atoms with Gasteiger partial charge in [-0.1, -0.05) is 13.0 Å². The summed E-state index contributed by atoms with van der Waals surface area (Å²) in [6, 6.07) is 4.09. The molecule has 4 nitrogen and oxygen atoms in total. The summed E-state index contributed by atoms with van der Waals surface area (Å²) in [5.41, 5.74) is 1.20. The molecule has 0 aliphatic carbocycles. The molecule has 92 valence electrons. The molecule has 4 heteroatoms. The molecule has 1 atom stereocenters. The predicted octanol–water partition coefficient (Wildman–Crippen LogP) is 1.64. The predicted molar refractivity (Wildman–Crippen MR) is 64.9 cm³/mol. The van der Waals surface area contributed by atoms with Gasteiger partial charge >= 0.3 is 0 Å². The van der Waals surface area contributed by atoms with Gasteiger partial charge in [-0.25, -0.2) is 4.98 Å². The fourth-order valence-electron chi connectivity index (χ4n) is 1.95. The fraction of sp³-hybridized carbons (Fsp3) is 0.538. The Balaban J connectivity index is 1.87. The van der Waals surface area contributed by atoms with Gasteiger partial charge in [0.05, 0.1) is 6.04 Å². The van der Waals surface area contributed by atoms with Gasteiger partial charge in [0.2, 0.25) is 11.8 Å². The third-order valence-corrected chi connectivity index (χ3v) is 3.26. The number of carbonyl (C=O) groups is 1. The SMILES string of the molecule is CCc1ccc(OCC2CCC(=O)N2C)nc1. The van der Waals surface area contributed by atoms with Crippen LogP contribution in [0.5, 0.6) is 5.88 Å². The van der Waals surface area contributed by atoms with E-state index in [1.54, 1.807) is 4.90 Å². The number of carbonyl (C=O) groups excluding carboxylic acids is 1. The highest BCUT2D eigenvalue weighted by Gasteiger charge is 2.27. The molecule has 2 rings (SSSR count). The zero-order valence-electron chi connectivity index (χ0n) is 10.3. The first kappa shape index (κ1) is 11.9. The molecule has 1 aromatic rings. The Labute approximate surface area is 102 Å². The third-order valence-electron chi connectivity index (χ3n) is 3.26. The van der Waals surface area contributed by atoms with Crippen molar-refractivity contribution < 1.29 is 9.53 Å². The van der Waals surface area contributed by atoms with E-state index in [-0.39, 0.29) is 11.9 Å². The molecule has 1 saturated heterocycles. The topological polar surface area (TPSA) is 42.4 Å². The van der Waals surface area contributed by atoms with Crippen LogP contribution in [-0.2, 0) is 11.2 Å². The van der Waals surface area contributed by atoms with Gasteiger partial charge in [0.15, 0.2) is 0 Å². The van der Waals surface area contributed by atoms with Crippen molar-refractivity contribution >= 4 is 5.91 Å². The molecule has 1 aliphatic rings. The average molecular weight is 234 g/mol. The molecule has 1 unspecified atom stereocenters. The lowest BCUT2D eigenvalue weighted by atomic mass is 10.2. The van der Waals surface area contributed by atoms with E-state index in [1.165, 1.54) is 5.56 Å². The van der Waals surface area contributed by atoms with Crippen LogP contribution in [0, 0.1) is 0 Å². The van der Waals surface area contributed by atoms with Gasteiger partial charge in [0, 0.05) is 25.7 Å². The number of likely N-dealkylation sites (tertiary alicyclic amines) is 1. The van der Waals surface area contributed by atoms with Gasteiger partial charge in [-0.15, -0.1) is 0 Å². The molecule has 0 N–H and O–H groups in total. The molecule has 0 radical (unpaired) electrons. The molecular formula is C13H18N2O2. The minimum Gasteiger partial charge on any atom is -0.475 e. The highest BCUT2D eigenvalue weighted by Crippen LogP contribution is 2.17. The second kappa shape index (κ2) is 5.17. The zero-order valence-corrected chi connectivity index (χ0v) is 10.3. The van der Waals surface area contributed by atoms with Gasteiger partial charge in [-0.3, -0.25) is 4.79 Å². The summed E-state index contributed by atoms with van der Waals surface area (Å²) < 4.78 is 5.60. The van der Waals surface area contributed by atoms with Crippen LogP contribution in [-0.4, -0.2) is 35.5 Å². The molecule has 1 aromatic heterocycles. The normalized spacial score (nSPS) is 19.8. The maximum atomic E-state index is 11.3. The van der Waals surface area contributed by atoms with E-state index in [4.69, 9.17) is 4.74 Å². The number of rotatable bonds is 4. The number of hydrogen-bond acceptors (Lipinski definition) is 3. The first-order chi connectivity index (χ1) is 8.20. The van der Waals surface area contributed by atoms with Crippen LogP contribution in [0.15, 0.2) is 18.3 Å². The molecule has 0 aromatic carbocycles. The number of aryl methyl sites for hydroxylation is 1. The Morgan fingerprint density at radius 2 is 2.35 bits per heavy atom. The Morgan fingerprint density at radius 3 is 2.88 bits per heavy atom. The lowest BCUT2D eigenvalue weighted by molar-refractivity contribution is -0.127. The lowest BCUT2D eigenvalue weighted by Gasteiger charge is -2.19. The maximum Gasteiger partial charge on any atom is 0.222 e. The summed E-state index contributed by atoms with van der Waals surface area (Å²) in [5.74, 6) is 0.836. The monoisotopic (exact) mass is 234 g/mol. The molecule has 0 saturated carbocycles. The van der Waals surface area contributed by atoms with E-state index in [1.807, 2.05) is 25.4 Å². The van der Waals surface area contributed by atoms with Crippen LogP contribution >= 0.6 is 0 Å². The molecule has 0 spiro atoms. The Hall–Kier alpha value is -1.58. The Bertz CT molecular complexity index is 389. The summed E-state index contributed by atoms with van der Waals surface area (Å²) in [6.07, 6.45) is 4.32. The van der Waals surface area contributed by atoms with Crippen LogP contribution in [0.4, 0.5) is 0 Å². The number of ether oxygens (including phenoxy) is 1. The van der Waals surface area contributed by atoms with Crippen molar-refractivity contribution in [1.82, 2.24) is 9.88 Å². The molecule has 0 bridgehead atoms. The summed E-state index contributed by atoms with van der Waals surface area (Å²) in [4.78, 5) is 17.3. The zero-order chi connectivity index (χ0) is 12.3.